The summed E-state index contributed by atoms with van der Waals surface area (Å²) in [6.45, 7) is 11.2. The van der Waals surface area contributed by atoms with E-state index in [1.807, 2.05) is 6.92 Å². The topological polar surface area (TPSA) is 18.5 Å². The van der Waals surface area contributed by atoms with Crippen LogP contribution in [0.4, 0.5) is 0 Å². The number of rotatable bonds is 2. The lowest BCUT2D eigenvalue weighted by Gasteiger charge is -2.30. The van der Waals surface area contributed by atoms with Gasteiger partial charge in [0.25, 0.3) is 0 Å². The van der Waals surface area contributed by atoms with Gasteiger partial charge in [-0.1, -0.05) is 13.8 Å². The van der Waals surface area contributed by atoms with Gasteiger partial charge in [0.2, 0.25) is 0 Å². The number of hydrogen-bond donors (Lipinski definition) is 0. The van der Waals surface area contributed by atoms with Crippen molar-refractivity contribution < 1.29 is 9.47 Å². The maximum Gasteiger partial charge on any atom is 0.157 e. The summed E-state index contributed by atoms with van der Waals surface area (Å²) in [6.07, 6.45) is 0.927. The molecule has 1 atom stereocenters. The van der Waals surface area contributed by atoms with E-state index in [-0.39, 0.29) is 12.2 Å². The van der Waals surface area contributed by atoms with Gasteiger partial charge in [-0.2, -0.15) is 0 Å². The lowest BCUT2D eigenvalue weighted by atomic mass is 9.97. The van der Waals surface area contributed by atoms with Crippen LogP contribution in [0, 0.1) is 18.8 Å². The minimum atomic E-state index is 0.00463. The van der Waals surface area contributed by atoms with E-state index in [1.165, 1.54) is 0 Å². The van der Waals surface area contributed by atoms with E-state index in [0.717, 1.165) is 19.6 Å². The van der Waals surface area contributed by atoms with Crippen LogP contribution in [0.2, 0.25) is 0 Å². The van der Waals surface area contributed by atoms with E-state index in [2.05, 4.69) is 6.92 Å². The van der Waals surface area contributed by atoms with E-state index in [4.69, 9.17) is 16.4 Å². The largest absolute Gasteiger partial charge is 0.352 e. The summed E-state index contributed by atoms with van der Waals surface area (Å²) >= 11 is 0. The van der Waals surface area contributed by atoms with Crippen molar-refractivity contribution in [3.05, 3.63) is 6.92 Å². The second-order valence-electron chi connectivity index (χ2n) is 3.12. The molecular weight excluding hydrogens is 140 g/mol. The Bertz CT molecular complexity index is 104. The van der Waals surface area contributed by atoms with Gasteiger partial charge in [-0.25, -0.2) is 0 Å². The molecule has 0 aromatic carbocycles. The third kappa shape index (κ3) is 2.46. The molecule has 1 aliphatic heterocycles. The highest BCUT2D eigenvalue weighted by Crippen LogP contribution is 2.19. The molecule has 2 heteroatoms. The van der Waals surface area contributed by atoms with E-state index in [1.54, 1.807) is 0 Å². The highest BCUT2D eigenvalue weighted by Gasteiger charge is 2.22. The zero-order valence-corrected chi connectivity index (χ0v) is 7.25. The zero-order chi connectivity index (χ0) is 8.27. The maximum absolute atomic E-state index is 5.69. The van der Waals surface area contributed by atoms with E-state index >= 15 is 0 Å². The predicted octanol–water partition coefficient (Wildman–Crippen LogP) is 1.73. The van der Waals surface area contributed by atoms with Crippen molar-refractivity contribution in [1.82, 2.24) is 0 Å². The van der Waals surface area contributed by atoms with Crippen molar-refractivity contribution in [3.63, 3.8) is 0 Å². The molecular formula is C9H16O2. The summed E-state index contributed by atoms with van der Waals surface area (Å²) in [5.41, 5.74) is 0. The molecule has 2 radical (unpaired) electrons. The molecule has 2 nitrogen and oxygen atoms in total. The monoisotopic (exact) mass is 156 g/mol. The Balaban J connectivity index is 2.24. The highest BCUT2D eigenvalue weighted by atomic mass is 16.7. The minimum Gasteiger partial charge on any atom is -0.352 e. The van der Waals surface area contributed by atoms with E-state index in [9.17, 15) is 0 Å². The first-order chi connectivity index (χ1) is 5.24. The number of ether oxygens (including phenoxy) is 2. The molecule has 0 aliphatic carbocycles. The maximum atomic E-state index is 5.69. The minimum absolute atomic E-state index is 0.00463. The summed E-state index contributed by atoms with van der Waals surface area (Å²) in [5.74, 6) is 0.547. The molecule has 0 aromatic rings. The Kier molecular flexibility index (Phi) is 3.34. The van der Waals surface area contributed by atoms with Gasteiger partial charge in [0, 0.05) is 5.92 Å². The second-order valence-corrected chi connectivity index (χ2v) is 3.12. The van der Waals surface area contributed by atoms with Gasteiger partial charge in [-0.3, -0.25) is 0 Å². The SMILES string of the molecule is [CH]C(C)C1COC(CC)OC1. The molecule has 0 bridgehead atoms. The van der Waals surface area contributed by atoms with Crippen LogP contribution in [0.1, 0.15) is 20.3 Å². The third-order valence-electron chi connectivity index (χ3n) is 2.07. The lowest BCUT2D eigenvalue weighted by molar-refractivity contribution is -0.205. The van der Waals surface area contributed by atoms with Crippen LogP contribution in [-0.4, -0.2) is 19.5 Å². The highest BCUT2D eigenvalue weighted by molar-refractivity contribution is 4.70. The molecule has 11 heavy (non-hydrogen) atoms. The van der Waals surface area contributed by atoms with Crippen molar-refractivity contribution in [1.29, 1.82) is 0 Å². The average molecular weight is 156 g/mol. The molecule has 0 aromatic heterocycles. The molecule has 64 valence electrons. The van der Waals surface area contributed by atoms with Crippen LogP contribution in [0.15, 0.2) is 0 Å². The van der Waals surface area contributed by atoms with Crippen LogP contribution >= 0.6 is 0 Å². The van der Waals surface area contributed by atoms with Crippen molar-refractivity contribution >= 4 is 0 Å². The Morgan fingerprint density at radius 2 is 2.00 bits per heavy atom. The molecule has 1 rings (SSSR count). The van der Waals surface area contributed by atoms with Gasteiger partial charge in [0.15, 0.2) is 6.29 Å². The summed E-state index contributed by atoms with van der Waals surface area (Å²) in [5, 5.41) is 0. The molecule has 0 spiro atoms. The Morgan fingerprint density at radius 3 is 2.36 bits per heavy atom. The molecule has 0 saturated carbocycles. The second kappa shape index (κ2) is 4.07. The number of hydrogen-bond acceptors (Lipinski definition) is 2. The van der Waals surface area contributed by atoms with Crippen molar-refractivity contribution in [2.75, 3.05) is 13.2 Å². The van der Waals surface area contributed by atoms with Crippen LogP contribution in [0.3, 0.4) is 0 Å². The lowest BCUT2D eigenvalue weighted by Crippen LogP contribution is -2.34. The fourth-order valence-electron chi connectivity index (χ4n) is 1.10. The third-order valence-corrected chi connectivity index (χ3v) is 2.07. The van der Waals surface area contributed by atoms with E-state index in [0.29, 0.717) is 5.92 Å². The Labute approximate surface area is 68.9 Å². The molecule has 1 saturated heterocycles. The fraction of sp³-hybridized carbons (Fsp3) is 0.889. The predicted molar refractivity (Wildman–Crippen MR) is 42.9 cm³/mol. The average Bonchev–Trinajstić information content (AvgIpc) is 2.05. The van der Waals surface area contributed by atoms with Crippen molar-refractivity contribution in [3.8, 4) is 0 Å². The Hall–Kier alpha value is -0.0800. The first-order valence-corrected chi connectivity index (χ1v) is 4.22. The van der Waals surface area contributed by atoms with E-state index < -0.39 is 0 Å². The smallest absolute Gasteiger partial charge is 0.157 e. The Morgan fingerprint density at radius 1 is 1.45 bits per heavy atom. The van der Waals surface area contributed by atoms with Crippen LogP contribution in [0.25, 0.3) is 0 Å². The standard InChI is InChI=1S/C9H16O2/c1-4-9-10-5-8(6-11-9)7(2)3/h2,7-9H,4-6H2,1,3H3. The molecule has 1 heterocycles. The fourth-order valence-corrected chi connectivity index (χ4v) is 1.10. The first kappa shape index (κ1) is 9.01. The summed E-state index contributed by atoms with van der Waals surface area (Å²) in [4.78, 5) is 0. The van der Waals surface area contributed by atoms with Gasteiger partial charge in [-0.15, -0.1) is 0 Å². The van der Waals surface area contributed by atoms with Gasteiger partial charge < -0.3 is 9.47 Å². The summed E-state index contributed by atoms with van der Waals surface area (Å²) in [7, 11) is 0. The van der Waals surface area contributed by atoms with Gasteiger partial charge in [0.1, 0.15) is 0 Å². The van der Waals surface area contributed by atoms with Crippen LogP contribution in [-0.2, 0) is 9.47 Å². The van der Waals surface area contributed by atoms with Crippen molar-refractivity contribution in [2.24, 2.45) is 11.8 Å². The summed E-state index contributed by atoms with van der Waals surface area (Å²) in [6, 6.07) is 0. The molecule has 1 fully saturated rings. The van der Waals surface area contributed by atoms with Gasteiger partial charge >= 0.3 is 0 Å². The van der Waals surface area contributed by atoms with Crippen LogP contribution in [0.5, 0.6) is 0 Å². The first-order valence-electron chi connectivity index (χ1n) is 4.22. The zero-order valence-electron chi connectivity index (χ0n) is 7.25. The molecule has 1 aliphatic rings. The van der Waals surface area contributed by atoms with Crippen LogP contribution < -0.4 is 0 Å². The summed E-state index contributed by atoms with van der Waals surface area (Å²) < 4.78 is 10.8. The molecule has 1 unspecified atom stereocenters. The van der Waals surface area contributed by atoms with Crippen molar-refractivity contribution in [2.45, 2.75) is 26.6 Å². The van der Waals surface area contributed by atoms with Gasteiger partial charge in [0.05, 0.1) is 13.2 Å². The van der Waals surface area contributed by atoms with Gasteiger partial charge in [-0.05, 0) is 19.3 Å². The molecule has 0 N–H and O–H groups in total. The quantitative estimate of drug-likeness (QED) is 0.606. The molecule has 0 amide bonds. The normalized spacial score (nSPS) is 32.7.